The zero-order chi connectivity index (χ0) is 7.68. The molecule has 60 valence electrons. The lowest BCUT2D eigenvalue weighted by atomic mass is 10.2. The lowest BCUT2D eigenvalue weighted by molar-refractivity contribution is 0.655. The molecule has 0 unspecified atom stereocenters. The van der Waals surface area contributed by atoms with Crippen LogP contribution in [0.5, 0.6) is 0 Å². The van der Waals surface area contributed by atoms with Gasteiger partial charge in [0.2, 0.25) is 0 Å². The summed E-state index contributed by atoms with van der Waals surface area (Å²) >= 11 is 1.26. The lowest BCUT2D eigenvalue weighted by Crippen LogP contribution is -2.11. The summed E-state index contributed by atoms with van der Waals surface area (Å²) in [4.78, 5) is 1.14. The molecule has 11 heavy (non-hydrogen) atoms. The third-order valence-corrected chi connectivity index (χ3v) is 2.99. The van der Waals surface area contributed by atoms with Gasteiger partial charge < -0.3 is 5.32 Å². The summed E-state index contributed by atoms with van der Waals surface area (Å²) in [6.07, 6.45) is 2.37. The number of rotatable bonds is 1. The van der Waals surface area contributed by atoms with Crippen LogP contribution in [0.3, 0.4) is 0 Å². The van der Waals surface area contributed by atoms with Crippen molar-refractivity contribution in [3.63, 3.8) is 0 Å². The van der Waals surface area contributed by atoms with Crippen molar-refractivity contribution in [2.24, 2.45) is 0 Å². The van der Waals surface area contributed by atoms with E-state index in [1.165, 1.54) is 17.8 Å². The van der Waals surface area contributed by atoms with Crippen LogP contribution in [-0.4, -0.2) is 6.54 Å². The molecule has 1 aliphatic rings. The maximum absolute atomic E-state index is 12.6. The Bertz CT molecular complexity index is 240. The second-order valence-corrected chi connectivity index (χ2v) is 3.86. The first-order chi connectivity index (χ1) is 5.36. The van der Waals surface area contributed by atoms with Crippen LogP contribution in [0.15, 0.2) is 12.1 Å². The van der Waals surface area contributed by atoms with Crippen LogP contribution in [0.2, 0.25) is 0 Å². The molecule has 1 saturated heterocycles. The maximum atomic E-state index is 12.6. The minimum atomic E-state index is -0.0753. The molecule has 1 fully saturated rings. The topological polar surface area (TPSA) is 12.0 Å². The first kappa shape index (κ1) is 7.25. The minimum Gasteiger partial charge on any atom is -0.309 e. The van der Waals surface area contributed by atoms with Gasteiger partial charge in [-0.15, -0.1) is 11.3 Å². The van der Waals surface area contributed by atoms with E-state index in [1.54, 1.807) is 6.07 Å². The molecule has 2 rings (SSSR count). The lowest BCUT2D eigenvalue weighted by Gasteiger charge is -2.04. The van der Waals surface area contributed by atoms with Crippen molar-refractivity contribution in [3.05, 3.63) is 22.1 Å². The number of nitrogens with one attached hydrogen (secondary N) is 1. The molecule has 1 atom stereocenters. The second kappa shape index (κ2) is 2.91. The van der Waals surface area contributed by atoms with Gasteiger partial charge in [-0.3, -0.25) is 0 Å². The van der Waals surface area contributed by atoms with Crippen molar-refractivity contribution in [1.29, 1.82) is 0 Å². The average Bonchev–Trinajstić information content (AvgIpc) is 2.55. The van der Waals surface area contributed by atoms with Crippen LogP contribution in [0.25, 0.3) is 0 Å². The predicted molar refractivity (Wildman–Crippen MR) is 44.3 cm³/mol. The van der Waals surface area contributed by atoms with Gasteiger partial charge in [0.25, 0.3) is 0 Å². The van der Waals surface area contributed by atoms with E-state index in [0.29, 0.717) is 6.04 Å². The summed E-state index contributed by atoms with van der Waals surface area (Å²) in [6.45, 7) is 1.07. The Labute approximate surface area is 69.2 Å². The van der Waals surface area contributed by atoms with Crippen LogP contribution in [0.4, 0.5) is 4.39 Å². The van der Waals surface area contributed by atoms with E-state index in [9.17, 15) is 4.39 Å². The van der Waals surface area contributed by atoms with Crippen molar-refractivity contribution >= 4 is 11.3 Å². The summed E-state index contributed by atoms with van der Waals surface area (Å²) in [5, 5.41) is 3.25. The molecule has 0 radical (unpaired) electrons. The molecule has 0 spiro atoms. The molecule has 3 heteroatoms. The number of hydrogen-bond donors (Lipinski definition) is 1. The number of thiophene rings is 1. The molecule has 0 amide bonds. The Hall–Kier alpha value is -0.410. The number of halogens is 1. The van der Waals surface area contributed by atoms with Crippen molar-refractivity contribution in [1.82, 2.24) is 5.32 Å². The highest BCUT2D eigenvalue weighted by Crippen LogP contribution is 2.28. The fraction of sp³-hybridized carbons (Fsp3) is 0.500. The summed E-state index contributed by atoms with van der Waals surface area (Å²) < 4.78 is 12.6. The number of hydrogen-bond acceptors (Lipinski definition) is 2. The summed E-state index contributed by atoms with van der Waals surface area (Å²) in [5.41, 5.74) is 0. The van der Waals surface area contributed by atoms with E-state index >= 15 is 0 Å². The molecular formula is C8H10FNS. The second-order valence-electron chi connectivity index (χ2n) is 2.79. The molecule has 2 heterocycles. The summed E-state index contributed by atoms with van der Waals surface area (Å²) in [5.74, 6) is 0. The molecular weight excluding hydrogens is 161 g/mol. The first-order valence-electron chi connectivity index (χ1n) is 3.85. The normalized spacial score (nSPS) is 24.3. The molecule has 0 bridgehead atoms. The first-order valence-corrected chi connectivity index (χ1v) is 4.66. The fourth-order valence-corrected chi connectivity index (χ4v) is 2.28. The zero-order valence-electron chi connectivity index (χ0n) is 6.14. The van der Waals surface area contributed by atoms with E-state index in [2.05, 4.69) is 5.32 Å². The van der Waals surface area contributed by atoms with Crippen LogP contribution < -0.4 is 5.32 Å². The van der Waals surface area contributed by atoms with Crippen LogP contribution >= 0.6 is 11.3 Å². The van der Waals surface area contributed by atoms with Gasteiger partial charge >= 0.3 is 0 Å². The highest BCUT2D eigenvalue weighted by atomic mass is 32.1. The van der Waals surface area contributed by atoms with Crippen molar-refractivity contribution < 1.29 is 4.39 Å². The van der Waals surface area contributed by atoms with Gasteiger partial charge in [0, 0.05) is 10.9 Å². The molecule has 1 N–H and O–H groups in total. The molecule has 1 aromatic rings. The Morgan fingerprint density at radius 1 is 1.55 bits per heavy atom. The standard InChI is InChI=1S/C8H10FNS/c9-8-4-3-7(11-8)6-2-1-5-10-6/h3-4,6,10H,1-2,5H2/t6-/m0/s1. The van der Waals surface area contributed by atoms with Gasteiger partial charge in [-0.25, -0.2) is 0 Å². The minimum absolute atomic E-state index is 0.0753. The van der Waals surface area contributed by atoms with Gasteiger partial charge in [0.15, 0.2) is 5.13 Å². The Balaban J connectivity index is 2.15. The Morgan fingerprint density at radius 3 is 3.00 bits per heavy atom. The van der Waals surface area contributed by atoms with Gasteiger partial charge in [-0.1, -0.05) is 0 Å². The molecule has 1 nitrogen and oxygen atoms in total. The molecule has 1 aromatic heterocycles. The summed E-state index contributed by atoms with van der Waals surface area (Å²) in [6, 6.07) is 3.84. The molecule has 0 aromatic carbocycles. The zero-order valence-corrected chi connectivity index (χ0v) is 6.96. The van der Waals surface area contributed by atoms with Crippen LogP contribution in [0.1, 0.15) is 23.8 Å². The quantitative estimate of drug-likeness (QED) is 0.683. The smallest absolute Gasteiger partial charge is 0.176 e. The fourth-order valence-electron chi connectivity index (χ4n) is 1.44. The monoisotopic (exact) mass is 171 g/mol. The van der Waals surface area contributed by atoms with E-state index in [1.807, 2.05) is 6.07 Å². The van der Waals surface area contributed by atoms with Gasteiger partial charge in [0.1, 0.15) is 0 Å². The predicted octanol–water partition coefficient (Wildman–Crippen LogP) is 2.31. The highest BCUT2D eigenvalue weighted by molar-refractivity contribution is 7.10. The van der Waals surface area contributed by atoms with Crippen LogP contribution in [0, 0.1) is 5.13 Å². The summed E-state index contributed by atoms with van der Waals surface area (Å²) in [7, 11) is 0. The van der Waals surface area contributed by atoms with E-state index in [4.69, 9.17) is 0 Å². The van der Waals surface area contributed by atoms with Crippen molar-refractivity contribution in [3.8, 4) is 0 Å². The van der Waals surface area contributed by atoms with Crippen molar-refractivity contribution in [2.75, 3.05) is 6.54 Å². The van der Waals surface area contributed by atoms with E-state index < -0.39 is 0 Å². The maximum Gasteiger partial charge on any atom is 0.176 e. The Morgan fingerprint density at radius 2 is 2.45 bits per heavy atom. The molecule has 1 aliphatic heterocycles. The third kappa shape index (κ3) is 1.44. The largest absolute Gasteiger partial charge is 0.309 e. The van der Waals surface area contributed by atoms with Gasteiger partial charge in [-0.05, 0) is 31.5 Å². The van der Waals surface area contributed by atoms with Crippen molar-refractivity contribution in [2.45, 2.75) is 18.9 Å². The van der Waals surface area contributed by atoms with Gasteiger partial charge in [-0.2, -0.15) is 4.39 Å². The van der Waals surface area contributed by atoms with E-state index in [-0.39, 0.29) is 5.13 Å². The van der Waals surface area contributed by atoms with E-state index in [0.717, 1.165) is 17.8 Å². The SMILES string of the molecule is Fc1ccc([C@@H]2CCCN2)s1. The van der Waals surface area contributed by atoms with Crippen LogP contribution in [-0.2, 0) is 0 Å². The molecule has 0 aliphatic carbocycles. The molecule has 0 saturated carbocycles. The Kier molecular flexibility index (Phi) is 1.92. The highest BCUT2D eigenvalue weighted by Gasteiger charge is 2.17. The third-order valence-electron chi connectivity index (χ3n) is 2.00. The van der Waals surface area contributed by atoms with Gasteiger partial charge in [0.05, 0.1) is 0 Å². The average molecular weight is 171 g/mol.